The van der Waals surface area contributed by atoms with E-state index in [0.717, 1.165) is 10.6 Å². The molecule has 0 aliphatic carbocycles. The lowest BCUT2D eigenvalue weighted by Gasteiger charge is -2.10. The van der Waals surface area contributed by atoms with Gasteiger partial charge in [-0.15, -0.1) is 0 Å². The van der Waals surface area contributed by atoms with Gasteiger partial charge in [0.05, 0.1) is 7.11 Å². The molecule has 1 aromatic carbocycles. The zero-order chi connectivity index (χ0) is 11.3. The fourth-order valence-electron chi connectivity index (χ4n) is 1.02. The van der Waals surface area contributed by atoms with Crippen molar-refractivity contribution in [3.8, 4) is 5.75 Å². The molecule has 0 aromatic heterocycles. The van der Waals surface area contributed by atoms with Crippen molar-refractivity contribution in [3.63, 3.8) is 0 Å². The first kappa shape index (κ1) is 11.9. The average Bonchev–Trinajstić information content (AvgIpc) is 2.26. The summed E-state index contributed by atoms with van der Waals surface area (Å²) >= 11 is 1.25. The third-order valence-corrected chi connectivity index (χ3v) is 3.02. The molecule has 1 aromatic rings. The molecule has 0 saturated carbocycles. The number of hydrogen-bond donors (Lipinski definition) is 2. The molecule has 0 aliphatic rings. The summed E-state index contributed by atoms with van der Waals surface area (Å²) in [5.74, 6) is -0.117. The number of ether oxygens (including phenoxy) is 1. The minimum absolute atomic E-state index is 0.626. The second-order valence-corrected chi connectivity index (χ2v) is 3.98. The molecule has 1 unspecified atom stereocenters. The Morgan fingerprint density at radius 1 is 1.47 bits per heavy atom. The van der Waals surface area contributed by atoms with Crippen molar-refractivity contribution in [2.75, 3.05) is 14.2 Å². The van der Waals surface area contributed by atoms with E-state index in [9.17, 15) is 4.79 Å². The van der Waals surface area contributed by atoms with E-state index in [2.05, 4.69) is 5.32 Å². The lowest BCUT2D eigenvalue weighted by Crippen LogP contribution is -2.30. The molecule has 15 heavy (non-hydrogen) atoms. The molecule has 2 N–H and O–H groups in total. The number of rotatable bonds is 5. The SMILES string of the molecule is CNC(Sc1ccc(OC)cc1)C(=O)O. The first-order valence-electron chi connectivity index (χ1n) is 4.38. The highest BCUT2D eigenvalue weighted by Crippen LogP contribution is 2.24. The summed E-state index contributed by atoms with van der Waals surface area (Å²) in [4.78, 5) is 11.6. The highest BCUT2D eigenvalue weighted by atomic mass is 32.2. The number of aliphatic carboxylic acids is 1. The molecular weight excluding hydrogens is 214 g/mol. The number of carboxylic acids is 1. The highest BCUT2D eigenvalue weighted by molar-refractivity contribution is 8.00. The Morgan fingerprint density at radius 2 is 2.07 bits per heavy atom. The lowest BCUT2D eigenvalue weighted by atomic mass is 10.3. The molecule has 0 bridgehead atoms. The van der Waals surface area contributed by atoms with Crippen molar-refractivity contribution in [3.05, 3.63) is 24.3 Å². The van der Waals surface area contributed by atoms with E-state index >= 15 is 0 Å². The molecule has 0 aliphatic heterocycles. The zero-order valence-corrected chi connectivity index (χ0v) is 9.38. The summed E-state index contributed by atoms with van der Waals surface area (Å²) in [6, 6.07) is 7.27. The van der Waals surface area contributed by atoms with Gasteiger partial charge in [0.1, 0.15) is 5.75 Å². The molecule has 5 heteroatoms. The van der Waals surface area contributed by atoms with Crippen LogP contribution in [0, 0.1) is 0 Å². The maximum Gasteiger partial charge on any atom is 0.331 e. The van der Waals surface area contributed by atoms with Crippen molar-refractivity contribution < 1.29 is 14.6 Å². The van der Waals surface area contributed by atoms with Crippen molar-refractivity contribution in [2.45, 2.75) is 10.3 Å². The highest BCUT2D eigenvalue weighted by Gasteiger charge is 2.15. The summed E-state index contributed by atoms with van der Waals surface area (Å²) in [5.41, 5.74) is 0. The van der Waals surface area contributed by atoms with E-state index < -0.39 is 11.3 Å². The maximum absolute atomic E-state index is 10.7. The third-order valence-electron chi connectivity index (χ3n) is 1.80. The van der Waals surface area contributed by atoms with Crippen LogP contribution in [-0.4, -0.2) is 30.6 Å². The van der Waals surface area contributed by atoms with E-state index in [1.165, 1.54) is 11.8 Å². The van der Waals surface area contributed by atoms with Crippen molar-refractivity contribution in [1.82, 2.24) is 5.32 Å². The Kier molecular flexibility index (Phi) is 4.45. The molecule has 0 radical (unpaired) electrons. The van der Waals surface area contributed by atoms with Crippen LogP contribution in [0.5, 0.6) is 5.75 Å². The predicted molar refractivity (Wildman–Crippen MR) is 59.3 cm³/mol. The van der Waals surface area contributed by atoms with Gasteiger partial charge in [-0.05, 0) is 31.3 Å². The van der Waals surface area contributed by atoms with E-state index in [-0.39, 0.29) is 0 Å². The molecule has 1 atom stereocenters. The minimum atomic E-state index is -0.877. The van der Waals surface area contributed by atoms with Gasteiger partial charge in [0, 0.05) is 4.90 Å². The molecular formula is C10H13NO3S. The summed E-state index contributed by atoms with van der Waals surface area (Å²) in [7, 11) is 3.21. The second-order valence-electron chi connectivity index (χ2n) is 2.80. The van der Waals surface area contributed by atoms with Crippen LogP contribution in [0.15, 0.2) is 29.2 Å². The molecule has 0 heterocycles. The molecule has 0 saturated heterocycles. The molecule has 82 valence electrons. The number of thioether (sulfide) groups is 1. The van der Waals surface area contributed by atoms with Gasteiger partial charge in [-0.3, -0.25) is 5.32 Å². The Labute approximate surface area is 92.6 Å². The fraction of sp³-hybridized carbons (Fsp3) is 0.300. The van der Waals surface area contributed by atoms with E-state index in [1.54, 1.807) is 26.3 Å². The zero-order valence-electron chi connectivity index (χ0n) is 8.56. The first-order valence-corrected chi connectivity index (χ1v) is 5.26. The van der Waals surface area contributed by atoms with Crippen molar-refractivity contribution in [2.24, 2.45) is 0 Å². The Bertz CT molecular complexity index is 326. The topological polar surface area (TPSA) is 58.6 Å². The largest absolute Gasteiger partial charge is 0.497 e. The quantitative estimate of drug-likeness (QED) is 0.588. The standard InChI is InChI=1S/C10H13NO3S/c1-11-9(10(12)13)15-8-5-3-7(14-2)4-6-8/h3-6,9,11H,1-2H3,(H,12,13). The number of methoxy groups -OCH3 is 1. The number of hydrogen-bond acceptors (Lipinski definition) is 4. The second kappa shape index (κ2) is 5.63. The Balaban J connectivity index is 2.67. The maximum atomic E-state index is 10.7. The van der Waals surface area contributed by atoms with Gasteiger partial charge in [-0.1, -0.05) is 11.8 Å². The molecule has 0 spiro atoms. The van der Waals surface area contributed by atoms with Gasteiger partial charge >= 0.3 is 5.97 Å². The van der Waals surface area contributed by atoms with Crippen LogP contribution in [0.25, 0.3) is 0 Å². The van der Waals surface area contributed by atoms with E-state index in [1.807, 2.05) is 12.1 Å². The van der Waals surface area contributed by atoms with Crippen molar-refractivity contribution in [1.29, 1.82) is 0 Å². The normalized spacial score (nSPS) is 12.1. The molecule has 0 amide bonds. The van der Waals surface area contributed by atoms with Crippen LogP contribution < -0.4 is 10.1 Å². The summed E-state index contributed by atoms with van der Waals surface area (Å²) in [6.45, 7) is 0. The number of nitrogens with one attached hydrogen (secondary N) is 1. The van der Waals surface area contributed by atoms with Crippen LogP contribution in [0.3, 0.4) is 0 Å². The molecule has 4 nitrogen and oxygen atoms in total. The first-order chi connectivity index (χ1) is 7.17. The average molecular weight is 227 g/mol. The minimum Gasteiger partial charge on any atom is -0.497 e. The van der Waals surface area contributed by atoms with Gasteiger partial charge in [0.25, 0.3) is 0 Å². The predicted octanol–water partition coefficient (Wildman–Crippen LogP) is 1.42. The smallest absolute Gasteiger partial charge is 0.331 e. The van der Waals surface area contributed by atoms with Crippen LogP contribution in [0.4, 0.5) is 0 Å². The van der Waals surface area contributed by atoms with Gasteiger partial charge in [0.15, 0.2) is 5.37 Å². The van der Waals surface area contributed by atoms with Crippen LogP contribution >= 0.6 is 11.8 Å². The fourth-order valence-corrected chi connectivity index (χ4v) is 1.81. The van der Waals surface area contributed by atoms with Gasteiger partial charge in [-0.2, -0.15) is 0 Å². The number of benzene rings is 1. The van der Waals surface area contributed by atoms with Gasteiger partial charge in [-0.25, -0.2) is 4.79 Å². The molecule has 0 fully saturated rings. The summed E-state index contributed by atoms with van der Waals surface area (Å²) < 4.78 is 5.01. The summed E-state index contributed by atoms with van der Waals surface area (Å²) in [5, 5.41) is 10.9. The summed E-state index contributed by atoms with van der Waals surface area (Å²) in [6.07, 6.45) is 0. The van der Waals surface area contributed by atoms with Crippen LogP contribution in [0.1, 0.15) is 0 Å². The number of carboxylic acid groups (broad SMARTS) is 1. The van der Waals surface area contributed by atoms with Crippen molar-refractivity contribution >= 4 is 17.7 Å². The van der Waals surface area contributed by atoms with Gasteiger partial charge < -0.3 is 9.84 Å². The number of likely N-dealkylation sites (N-methyl/N-ethyl adjacent to an activating group) is 1. The third kappa shape index (κ3) is 3.45. The number of carbonyl (C=O) groups is 1. The van der Waals surface area contributed by atoms with Gasteiger partial charge in [0.2, 0.25) is 0 Å². The van der Waals surface area contributed by atoms with Crippen LogP contribution in [0.2, 0.25) is 0 Å². The Hall–Kier alpha value is -1.20. The monoisotopic (exact) mass is 227 g/mol. The lowest BCUT2D eigenvalue weighted by molar-refractivity contribution is -0.136. The van der Waals surface area contributed by atoms with E-state index in [4.69, 9.17) is 9.84 Å². The van der Waals surface area contributed by atoms with Crippen LogP contribution in [-0.2, 0) is 4.79 Å². The Morgan fingerprint density at radius 3 is 2.47 bits per heavy atom. The van der Waals surface area contributed by atoms with E-state index in [0.29, 0.717) is 0 Å². The molecule has 1 rings (SSSR count).